The quantitative estimate of drug-likeness (QED) is 0.640. The van der Waals surface area contributed by atoms with Gasteiger partial charge in [-0.1, -0.05) is 15.9 Å². The first-order valence-corrected chi connectivity index (χ1v) is 8.53. The summed E-state index contributed by atoms with van der Waals surface area (Å²) >= 11 is 5.44. The molecule has 1 aliphatic rings. The summed E-state index contributed by atoms with van der Waals surface area (Å²) in [5, 5.41) is 7.21. The van der Waals surface area contributed by atoms with Gasteiger partial charge in [-0.25, -0.2) is 4.39 Å². The molecule has 1 aliphatic heterocycles. The Morgan fingerprint density at radius 2 is 2.35 bits per heavy atom. The molecule has 1 atom stereocenters. The molecule has 110 valence electrons. The SMILES string of the molecule is CN=C(NCc1cc(F)ccc1Br)NCC1CCCS1. The van der Waals surface area contributed by atoms with Crippen molar-refractivity contribution in [3.8, 4) is 0 Å². The third kappa shape index (κ3) is 4.66. The number of hydrogen-bond acceptors (Lipinski definition) is 2. The molecule has 0 bridgehead atoms. The lowest BCUT2D eigenvalue weighted by molar-refractivity contribution is 0.624. The van der Waals surface area contributed by atoms with Crippen LogP contribution in [0, 0.1) is 5.82 Å². The molecule has 1 saturated heterocycles. The fraction of sp³-hybridized carbons (Fsp3) is 0.500. The average molecular weight is 360 g/mol. The molecule has 1 unspecified atom stereocenters. The molecule has 2 rings (SSSR count). The molecule has 1 aromatic carbocycles. The van der Waals surface area contributed by atoms with E-state index in [9.17, 15) is 4.39 Å². The molecule has 0 aliphatic carbocycles. The topological polar surface area (TPSA) is 36.4 Å². The Morgan fingerprint density at radius 3 is 3.05 bits per heavy atom. The number of hydrogen-bond donors (Lipinski definition) is 2. The van der Waals surface area contributed by atoms with Gasteiger partial charge in [0, 0.05) is 29.9 Å². The molecule has 0 spiro atoms. The number of nitrogens with zero attached hydrogens (tertiary/aromatic N) is 1. The van der Waals surface area contributed by atoms with Crippen molar-refractivity contribution in [3.05, 3.63) is 34.1 Å². The zero-order chi connectivity index (χ0) is 14.4. The molecule has 6 heteroatoms. The summed E-state index contributed by atoms with van der Waals surface area (Å²) in [5.74, 6) is 1.79. The molecule has 0 radical (unpaired) electrons. The molecule has 1 heterocycles. The van der Waals surface area contributed by atoms with Crippen LogP contribution < -0.4 is 10.6 Å². The summed E-state index contributed by atoms with van der Waals surface area (Å²) < 4.78 is 14.1. The Bertz CT molecular complexity index is 475. The number of guanidine groups is 1. The Hall–Kier alpha value is -0.750. The van der Waals surface area contributed by atoms with Crippen LogP contribution in [0.3, 0.4) is 0 Å². The molecule has 20 heavy (non-hydrogen) atoms. The summed E-state index contributed by atoms with van der Waals surface area (Å²) in [6.45, 7) is 1.46. The van der Waals surface area contributed by atoms with E-state index in [4.69, 9.17) is 0 Å². The normalized spacial score (nSPS) is 19.1. The minimum atomic E-state index is -0.227. The van der Waals surface area contributed by atoms with Crippen molar-refractivity contribution in [2.24, 2.45) is 4.99 Å². The number of halogens is 2. The highest BCUT2D eigenvalue weighted by Gasteiger charge is 2.15. The van der Waals surface area contributed by atoms with Gasteiger partial charge in [0.1, 0.15) is 5.82 Å². The van der Waals surface area contributed by atoms with Gasteiger partial charge in [0.2, 0.25) is 0 Å². The standard InChI is InChI=1S/C14H19BrFN3S/c1-17-14(19-9-12-3-2-6-20-12)18-8-10-7-11(16)4-5-13(10)15/h4-5,7,12H,2-3,6,8-9H2,1H3,(H2,17,18,19). The zero-order valence-electron chi connectivity index (χ0n) is 11.5. The summed E-state index contributed by atoms with van der Waals surface area (Å²) in [4.78, 5) is 4.19. The van der Waals surface area contributed by atoms with Gasteiger partial charge in [-0.3, -0.25) is 4.99 Å². The van der Waals surface area contributed by atoms with Crippen molar-refractivity contribution in [2.45, 2.75) is 24.6 Å². The van der Waals surface area contributed by atoms with Crippen LogP contribution >= 0.6 is 27.7 Å². The van der Waals surface area contributed by atoms with E-state index < -0.39 is 0 Å². The van der Waals surface area contributed by atoms with Gasteiger partial charge in [-0.2, -0.15) is 11.8 Å². The van der Waals surface area contributed by atoms with Crippen molar-refractivity contribution >= 4 is 33.7 Å². The van der Waals surface area contributed by atoms with E-state index in [0.717, 1.165) is 22.5 Å². The molecule has 2 N–H and O–H groups in total. The summed E-state index contributed by atoms with van der Waals surface area (Å²) in [5.41, 5.74) is 0.878. The van der Waals surface area contributed by atoms with Crippen molar-refractivity contribution in [1.29, 1.82) is 0 Å². The smallest absolute Gasteiger partial charge is 0.191 e. The lowest BCUT2D eigenvalue weighted by Gasteiger charge is -2.15. The third-order valence-electron chi connectivity index (χ3n) is 3.20. The van der Waals surface area contributed by atoms with Gasteiger partial charge in [-0.05, 0) is 42.4 Å². The molecular weight excluding hydrogens is 341 g/mol. The van der Waals surface area contributed by atoms with E-state index in [1.807, 2.05) is 11.8 Å². The van der Waals surface area contributed by atoms with Crippen LogP contribution in [0.15, 0.2) is 27.7 Å². The first-order valence-electron chi connectivity index (χ1n) is 6.69. The maximum absolute atomic E-state index is 13.2. The van der Waals surface area contributed by atoms with Crippen LogP contribution in [-0.4, -0.2) is 30.6 Å². The van der Waals surface area contributed by atoms with Crippen molar-refractivity contribution in [2.75, 3.05) is 19.3 Å². The van der Waals surface area contributed by atoms with Crippen molar-refractivity contribution in [1.82, 2.24) is 10.6 Å². The fourth-order valence-corrected chi connectivity index (χ4v) is 3.68. The molecule has 0 saturated carbocycles. The fourth-order valence-electron chi connectivity index (χ4n) is 2.09. The minimum absolute atomic E-state index is 0.227. The summed E-state index contributed by atoms with van der Waals surface area (Å²) in [6, 6.07) is 4.69. The molecule has 0 aromatic heterocycles. The molecule has 1 fully saturated rings. The van der Waals surface area contributed by atoms with E-state index >= 15 is 0 Å². The van der Waals surface area contributed by atoms with Crippen LogP contribution in [0.2, 0.25) is 0 Å². The van der Waals surface area contributed by atoms with Crippen molar-refractivity contribution < 1.29 is 4.39 Å². The first kappa shape index (κ1) is 15.6. The van der Waals surface area contributed by atoms with E-state index in [-0.39, 0.29) is 5.82 Å². The highest BCUT2D eigenvalue weighted by Crippen LogP contribution is 2.25. The first-order chi connectivity index (χ1) is 9.69. The van der Waals surface area contributed by atoms with Gasteiger partial charge in [0.25, 0.3) is 0 Å². The van der Waals surface area contributed by atoms with Gasteiger partial charge >= 0.3 is 0 Å². The summed E-state index contributed by atoms with van der Waals surface area (Å²) in [6.07, 6.45) is 2.57. The largest absolute Gasteiger partial charge is 0.355 e. The van der Waals surface area contributed by atoms with Crippen molar-refractivity contribution in [3.63, 3.8) is 0 Å². The lowest BCUT2D eigenvalue weighted by atomic mass is 10.2. The Labute approximate surface area is 131 Å². The second kappa shape index (κ2) is 7.88. The second-order valence-corrected chi connectivity index (χ2v) is 6.94. The Morgan fingerprint density at radius 1 is 1.50 bits per heavy atom. The van der Waals surface area contributed by atoms with Gasteiger partial charge in [-0.15, -0.1) is 0 Å². The van der Waals surface area contributed by atoms with Crippen LogP contribution in [0.1, 0.15) is 18.4 Å². The van der Waals surface area contributed by atoms with E-state index in [1.165, 1.54) is 30.7 Å². The maximum atomic E-state index is 13.2. The monoisotopic (exact) mass is 359 g/mol. The number of rotatable bonds is 4. The van der Waals surface area contributed by atoms with E-state index in [1.54, 1.807) is 13.1 Å². The molecular formula is C14H19BrFN3S. The minimum Gasteiger partial charge on any atom is -0.355 e. The van der Waals surface area contributed by atoms with E-state index in [2.05, 4.69) is 31.6 Å². The maximum Gasteiger partial charge on any atom is 0.191 e. The molecule has 0 amide bonds. The van der Waals surface area contributed by atoms with Gasteiger partial charge < -0.3 is 10.6 Å². The number of nitrogens with one attached hydrogen (secondary N) is 2. The zero-order valence-corrected chi connectivity index (χ0v) is 13.9. The number of benzene rings is 1. The highest BCUT2D eigenvalue weighted by atomic mass is 79.9. The van der Waals surface area contributed by atoms with Crippen LogP contribution in [-0.2, 0) is 6.54 Å². The van der Waals surface area contributed by atoms with Gasteiger partial charge in [0.15, 0.2) is 5.96 Å². The van der Waals surface area contributed by atoms with E-state index in [0.29, 0.717) is 11.8 Å². The second-order valence-electron chi connectivity index (χ2n) is 4.68. The Balaban J connectivity index is 1.82. The molecule has 1 aromatic rings. The predicted octanol–water partition coefficient (Wildman–Crippen LogP) is 3.15. The third-order valence-corrected chi connectivity index (χ3v) is 5.37. The average Bonchev–Trinajstić information content (AvgIpc) is 2.96. The van der Waals surface area contributed by atoms with Crippen LogP contribution in [0.25, 0.3) is 0 Å². The van der Waals surface area contributed by atoms with Gasteiger partial charge in [0.05, 0.1) is 0 Å². The van der Waals surface area contributed by atoms with Crippen LogP contribution in [0.4, 0.5) is 4.39 Å². The Kier molecular flexibility index (Phi) is 6.16. The number of thioether (sulfide) groups is 1. The molecule has 3 nitrogen and oxygen atoms in total. The summed E-state index contributed by atoms with van der Waals surface area (Å²) in [7, 11) is 1.75. The predicted molar refractivity (Wildman–Crippen MR) is 87.8 cm³/mol. The lowest BCUT2D eigenvalue weighted by Crippen LogP contribution is -2.39. The highest BCUT2D eigenvalue weighted by molar-refractivity contribution is 9.10. The number of aliphatic imine (C=N–C) groups is 1. The van der Waals surface area contributed by atoms with Crippen LogP contribution in [0.5, 0.6) is 0 Å².